The molecule has 141 valence electrons. The molecule has 0 unspecified atom stereocenters. The van der Waals surface area contributed by atoms with Crippen molar-refractivity contribution in [2.75, 3.05) is 0 Å². The van der Waals surface area contributed by atoms with E-state index in [0.29, 0.717) is 4.32 Å². The molecule has 3 aromatic rings. The van der Waals surface area contributed by atoms with Gasteiger partial charge in [-0.15, -0.1) is 0 Å². The third kappa shape index (κ3) is 7.43. The molecular formula is C20H17ClN3NiS2. The second-order valence-corrected chi connectivity index (χ2v) is 6.87. The number of halogens is 1. The number of aromatic nitrogens is 1. The Bertz CT molecular complexity index is 805. The van der Waals surface area contributed by atoms with E-state index in [-0.39, 0.29) is 0 Å². The van der Waals surface area contributed by atoms with Gasteiger partial charge in [0.15, 0.2) is 4.32 Å². The molecule has 0 bridgehead atoms. The first-order valence-electron chi connectivity index (χ1n) is 7.96. The van der Waals surface area contributed by atoms with Crippen molar-refractivity contribution >= 4 is 44.2 Å². The molecule has 0 fully saturated rings. The monoisotopic (exact) mass is 456 g/mol. The van der Waals surface area contributed by atoms with Gasteiger partial charge in [-0.25, -0.2) is 0 Å². The quantitative estimate of drug-likeness (QED) is 0.243. The molecule has 0 spiro atoms. The van der Waals surface area contributed by atoms with Gasteiger partial charge < -0.3 is 0 Å². The minimum absolute atomic E-state index is 0.633. The Kier molecular flexibility index (Phi) is 10.1. The summed E-state index contributed by atoms with van der Waals surface area (Å²) in [5.74, 6) is 0.812. The van der Waals surface area contributed by atoms with Gasteiger partial charge >= 0.3 is 24.8 Å². The average molecular weight is 458 g/mol. The van der Waals surface area contributed by atoms with E-state index < -0.39 is 0 Å². The second-order valence-electron chi connectivity index (χ2n) is 5.21. The predicted molar refractivity (Wildman–Crippen MR) is 116 cm³/mol. The summed E-state index contributed by atoms with van der Waals surface area (Å²) in [5.41, 5.74) is 6.78. The summed E-state index contributed by atoms with van der Waals surface area (Å²) in [6.07, 6.45) is 1.76. The molecule has 1 N–H and O–H groups in total. The molecule has 2 aromatic carbocycles. The number of hydrazone groups is 1. The number of hydrogen-bond acceptors (Lipinski definition) is 4. The number of hydrogen-bond donors (Lipinski definition) is 1. The molecule has 0 saturated carbocycles. The van der Waals surface area contributed by atoms with E-state index in [1.54, 1.807) is 18.0 Å². The fourth-order valence-electron chi connectivity index (χ4n) is 2.23. The molecule has 27 heavy (non-hydrogen) atoms. The fraction of sp³-hybridized carbons (Fsp3) is 0.0500. The van der Waals surface area contributed by atoms with Crippen LogP contribution in [0.2, 0.25) is 0 Å². The summed E-state index contributed by atoms with van der Waals surface area (Å²) in [6, 6.07) is 26.0. The van der Waals surface area contributed by atoms with Crippen LogP contribution in [-0.2, 0) is 20.3 Å². The van der Waals surface area contributed by atoms with E-state index in [9.17, 15) is 0 Å². The standard InChI is InChI=1S/C20H17N3S2.ClH.Ni/c24-20(25-15-16-9-3-1-4-10-16)23-22-19(17-11-5-2-6-12-17)18-13-7-8-14-21-18;;/h1-14H,15H2,(H,23,24);1H;/q;;+1/p-1. The summed E-state index contributed by atoms with van der Waals surface area (Å²) in [6.45, 7) is 0. The van der Waals surface area contributed by atoms with Crippen LogP contribution >= 0.6 is 34.2 Å². The van der Waals surface area contributed by atoms with Gasteiger partial charge in [0.05, 0.1) is 5.69 Å². The van der Waals surface area contributed by atoms with Crippen molar-refractivity contribution in [2.24, 2.45) is 5.10 Å². The molecule has 0 aliphatic heterocycles. The average Bonchev–Trinajstić information content (AvgIpc) is 2.76. The van der Waals surface area contributed by atoms with E-state index in [4.69, 9.17) is 12.2 Å². The topological polar surface area (TPSA) is 37.3 Å². The number of nitrogens with zero attached hydrogens (tertiary/aromatic N) is 2. The van der Waals surface area contributed by atoms with Crippen LogP contribution in [0.1, 0.15) is 16.8 Å². The Morgan fingerprint density at radius 3 is 2.22 bits per heavy atom. The van der Waals surface area contributed by atoms with Crippen LogP contribution in [0, 0.1) is 0 Å². The molecule has 0 aliphatic carbocycles. The number of pyridine rings is 1. The minimum atomic E-state index is 0.633. The van der Waals surface area contributed by atoms with Crippen LogP contribution < -0.4 is 5.43 Å². The van der Waals surface area contributed by atoms with E-state index in [0.717, 1.165) is 22.7 Å². The number of benzene rings is 2. The van der Waals surface area contributed by atoms with Crippen molar-refractivity contribution < 1.29 is 14.6 Å². The summed E-state index contributed by atoms with van der Waals surface area (Å²) in [7, 11) is 4.26. The van der Waals surface area contributed by atoms with E-state index in [1.807, 2.05) is 66.7 Å². The Hall–Kier alpha value is -1.72. The van der Waals surface area contributed by atoms with Crippen LogP contribution in [-0.4, -0.2) is 15.0 Å². The van der Waals surface area contributed by atoms with Gasteiger partial charge in [-0.1, -0.05) is 90.7 Å². The third-order valence-electron chi connectivity index (χ3n) is 3.43. The first-order chi connectivity index (χ1) is 13.3. The second kappa shape index (κ2) is 12.6. The Balaban J connectivity index is 0.00000126. The summed E-state index contributed by atoms with van der Waals surface area (Å²) < 4.78 is 0.633. The van der Waals surface area contributed by atoms with E-state index in [1.165, 1.54) is 5.56 Å². The van der Waals surface area contributed by atoms with Gasteiger partial charge in [-0.05, 0) is 17.7 Å². The van der Waals surface area contributed by atoms with Crippen LogP contribution in [0.5, 0.6) is 0 Å². The van der Waals surface area contributed by atoms with E-state index in [2.05, 4.69) is 52.4 Å². The SMILES string of the molecule is S=C(NN=C(c1ccccc1)c1ccccn1)SCc1ccccc1.[Cl][Ni]. The zero-order chi connectivity index (χ0) is 19.3. The summed E-state index contributed by atoms with van der Waals surface area (Å²) in [5, 5.41) is 4.52. The number of rotatable bonds is 5. The number of nitrogens with one attached hydrogen (secondary N) is 1. The maximum atomic E-state index is 5.40. The molecular weight excluding hydrogens is 441 g/mol. The van der Waals surface area contributed by atoms with Crippen molar-refractivity contribution in [2.45, 2.75) is 5.75 Å². The van der Waals surface area contributed by atoms with Crippen molar-refractivity contribution in [1.82, 2.24) is 10.4 Å². The van der Waals surface area contributed by atoms with Gasteiger partial charge in [-0.3, -0.25) is 10.4 Å². The molecule has 0 atom stereocenters. The molecule has 7 heteroatoms. The molecule has 1 aromatic heterocycles. The molecule has 0 aliphatic rings. The van der Waals surface area contributed by atoms with Crippen molar-refractivity contribution in [3.05, 3.63) is 102 Å². The van der Waals surface area contributed by atoms with Crippen LogP contribution in [0.3, 0.4) is 0 Å². The predicted octanol–water partition coefficient (Wildman–Crippen LogP) is 5.33. The first-order valence-corrected chi connectivity index (χ1v) is 10.7. The van der Waals surface area contributed by atoms with Gasteiger partial charge in [-0.2, -0.15) is 5.10 Å². The van der Waals surface area contributed by atoms with Crippen molar-refractivity contribution in [3.8, 4) is 0 Å². The maximum absolute atomic E-state index is 5.40. The van der Waals surface area contributed by atoms with Gasteiger partial charge in [0.25, 0.3) is 0 Å². The third-order valence-corrected chi connectivity index (χ3v) is 4.70. The van der Waals surface area contributed by atoms with Crippen LogP contribution in [0.4, 0.5) is 0 Å². The Labute approximate surface area is 181 Å². The summed E-state index contributed by atoms with van der Waals surface area (Å²) in [4.78, 5) is 4.41. The molecule has 3 rings (SSSR count). The van der Waals surface area contributed by atoms with Crippen molar-refractivity contribution in [3.63, 3.8) is 0 Å². The molecule has 0 saturated heterocycles. The molecule has 0 amide bonds. The normalized spacial score (nSPS) is 10.6. The van der Waals surface area contributed by atoms with Gasteiger partial charge in [0, 0.05) is 17.5 Å². The zero-order valence-electron chi connectivity index (χ0n) is 14.2. The molecule has 3 nitrogen and oxygen atoms in total. The van der Waals surface area contributed by atoms with Gasteiger partial charge in [0.2, 0.25) is 0 Å². The van der Waals surface area contributed by atoms with E-state index >= 15 is 0 Å². The van der Waals surface area contributed by atoms with Crippen LogP contribution in [0.25, 0.3) is 0 Å². The van der Waals surface area contributed by atoms with Crippen molar-refractivity contribution in [1.29, 1.82) is 0 Å². The first kappa shape index (κ1) is 21.6. The Morgan fingerprint density at radius 1 is 0.963 bits per heavy atom. The zero-order valence-corrected chi connectivity index (χ0v) is 17.6. The number of thiocarbonyl (C=S) groups is 1. The molecule has 1 heterocycles. The number of thioether (sulfide) groups is 1. The van der Waals surface area contributed by atoms with Gasteiger partial charge in [0.1, 0.15) is 5.71 Å². The fourth-order valence-corrected chi connectivity index (χ4v) is 3.05. The molecule has 0 radical (unpaired) electrons. The summed E-state index contributed by atoms with van der Waals surface area (Å²) >= 11 is 10.3. The Morgan fingerprint density at radius 2 is 1.59 bits per heavy atom. The van der Waals surface area contributed by atoms with Crippen LogP contribution in [0.15, 0.2) is 90.2 Å².